The van der Waals surface area contributed by atoms with Crippen LogP contribution in [-0.2, 0) is 30.3 Å². The maximum absolute atomic E-state index is 13.6. The maximum atomic E-state index is 13.6. The lowest BCUT2D eigenvalue weighted by molar-refractivity contribution is -0.169. The van der Waals surface area contributed by atoms with Crippen LogP contribution < -0.4 is 21.7 Å². The van der Waals surface area contributed by atoms with Crippen LogP contribution in [0.5, 0.6) is 0 Å². The van der Waals surface area contributed by atoms with Gasteiger partial charge in [-0.3, -0.25) is 19.2 Å². The Hall–Kier alpha value is -3.63. The summed E-state index contributed by atoms with van der Waals surface area (Å²) in [5, 5.41) is 7.77. The minimum absolute atomic E-state index is 0.0387. The highest BCUT2D eigenvalue weighted by Crippen LogP contribution is 2.34. The molecule has 198 valence electrons. The summed E-state index contributed by atoms with van der Waals surface area (Å²) in [6.07, 6.45) is -0.575. The summed E-state index contributed by atoms with van der Waals surface area (Å²) in [6, 6.07) is 7.24. The Labute approximate surface area is 211 Å². The fourth-order valence-corrected chi connectivity index (χ4v) is 3.70. The highest BCUT2D eigenvalue weighted by molar-refractivity contribution is 6.02. The molecule has 0 radical (unpaired) electrons. The summed E-state index contributed by atoms with van der Waals surface area (Å²) in [4.78, 5) is 64.2. The van der Waals surface area contributed by atoms with Gasteiger partial charge in [0.2, 0.25) is 17.7 Å². The van der Waals surface area contributed by atoms with E-state index in [2.05, 4.69) is 16.0 Å². The minimum atomic E-state index is -1.32. The average molecular weight is 504 g/mol. The number of nitrogens with one attached hydrogen (secondary N) is 3. The molecule has 5 amide bonds. The summed E-state index contributed by atoms with van der Waals surface area (Å²) in [7, 11) is 0. The fourth-order valence-electron chi connectivity index (χ4n) is 3.70. The second kappa shape index (κ2) is 10.5. The van der Waals surface area contributed by atoms with Crippen molar-refractivity contribution in [2.24, 2.45) is 5.73 Å². The number of primary amides is 1. The van der Waals surface area contributed by atoms with Gasteiger partial charge >= 0.3 is 6.09 Å². The van der Waals surface area contributed by atoms with E-state index in [1.807, 2.05) is 30.3 Å². The predicted octanol–water partition coefficient (Wildman–Crippen LogP) is 0.608. The molecule has 11 nitrogen and oxygen atoms in total. The van der Waals surface area contributed by atoms with E-state index >= 15 is 0 Å². The van der Waals surface area contributed by atoms with Gasteiger partial charge in [-0.15, -0.1) is 0 Å². The van der Waals surface area contributed by atoms with E-state index in [0.29, 0.717) is 0 Å². The quantitative estimate of drug-likeness (QED) is 0.361. The molecule has 0 saturated carbocycles. The Morgan fingerprint density at radius 3 is 2.11 bits per heavy atom. The molecule has 1 unspecified atom stereocenters. The van der Waals surface area contributed by atoms with Crippen molar-refractivity contribution in [1.82, 2.24) is 20.9 Å². The lowest BCUT2D eigenvalue weighted by Crippen LogP contribution is -2.81. The first-order chi connectivity index (χ1) is 16.5. The number of ether oxygens (including phenoxy) is 1. The van der Waals surface area contributed by atoms with Gasteiger partial charge in [0, 0.05) is 6.42 Å². The van der Waals surface area contributed by atoms with Gasteiger partial charge in [0.1, 0.15) is 28.8 Å². The Kier molecular flexibility index (Phi) is 8.38. The molecule has 1 saturated heterocycles. The number of hydrogen-bond acceptors (Lipinski definition) is 6. The van der Waals surface area contributed by atoms with Crippen LogP contribution in [0.15, 0.2) is 30.3 Å². The summed E-state index contributed by atoms with van der Waals surface area (Å²) in [5.41, 5.74) is 2.67. The molecule has 2 rings (SSSR count). The Morgan fingerprint density at radius 1 is 1.03 bits per heavy atom. The highest BCUT2D eigenvalue weighted by atomic mass is 16.6. The van der Waals surface area contributed by atoms with Crippen LogP contribution in [-0.4, -0.2) is 69.9 Å². The monoisotopic (exact) mass is 503 g/mol. The molecule has 11 heteroatoms. The number of rotatable bonds is 9. The number of carbonyl (C=O) groups excluding carboxylic acids is 5. The molecule has 0 aromatic heterocycles. The van der Waals surface area contributed by atoms with Gasteiger partial charge in [0.25, 0.3) is 5.91 Å². The van der Waals surface area contributed by atoms with Crippen molar-refractivity contribution >= 4 is 29.7 Å². The van der Waals surface area contributed by atoms with Crippen LogP contribution in [0.1, 0.15) is 54.0 Å². The smallest absolute Gasteiger partial charge is 0.408 e. The first-order valence-electron chi connectivity index (χ1n) is 11.8. The average Bonchev–Trinajstić information content (AvgIpc) is 2.75. The van der Waals surface area contributed by atoms with Crippen molar-refractivity contribution in [3.8, 4) is 0 Å². The predicted molar refractivity (Wildman–Crippen MR) is 132 cm³/mol. The summed E-state index contributed by atoms with van der Waals surface area (Å²) in [6.45, 7) is 11.2. The summed E-state index contributed by atoms with van der Waals surface area (Å²) >= 11 is 0. The zero-order valence-corrected chi connectivity index (χ0v) is 21.9. The van der Waals surface area contributed by atoms with Crippen LogP contribution in [0.4, 0.5) is 4.79 Å². The molecule has 5 N–H and O–H groups in total. The normalized spacial score (nSPS) is 19.4. The zero-order valence-electron chi connectivity index (χ0n) is 21.9. The number of amides is 5. The molecule has 1 aliphatic heterocycles. The standard InChI is InChI=1S/C25H37N5O6/c1-15(18(26)31)27-20(33)24(6,7)30-14-25(21(30)34,13-17-11-9-8-10-12-17)29-19(32)16(2)28-22(35)36-23(3,4)5/h8-12,15-16H,13-14H2,1-7H3,(H2,26,31)(H,27,33)(H,28,35)(H,29,32)/t15?,16-,25+/m0/s1. The lowest BCUT2D eigenvalue weighted by atomic mass is 9.78. The van der Waals surface area contributed by atoms with E-state index in [4.69, 9.17) is 10.5 Å². The molecule has 1 aromatic carbocycles. The van der Waals surface area contributed by atoms with Crippen molar-refractivity contribution in [1.29, 1.82) is 0 Å². The van der Waals surface area contributed by atoms with Crippen LogP contribution in [0, 0.1) is 0 Å². The summed E-state index contributed by atoms with van der Waals surface area (Å²) < 4.78 is 5.20. The molecule has 0 bridgehead atoms. The number of carbonyl (C=O) groups is 5. The van der Waals surface area contributed by atoms with E-state index in [1.165, 1.54) is 18.7 Å². The Balaban J connectivity index is 2.22. The Bertz CT molecular complexity index is 1020. The van der Waals surface area contributed by atoms with Crippen molar-refractivity contribution in [3.05, 3.63) is 35.9 Å². The number of β-lactam (4-membered cyclic amide) rings is 1. The van der Waals surface area contributed by atoms with E-state index in [0.717, 1.165) is 5.56 Å². The molecule has 36 heavy (non-hydrogen) atoms. The van der Waals surface area contributed by atoms with Crippen molar-refractivity contribution in [2.45, 2.75) is 83.6 Å². The van der Waals surface area contributed by atoms with E-state index in [1.54, 1.807) is 34.6 Å². The number of nitrogens with zero attached hydrogens (tertiary/aromatic N) is 1. The van der Waals surface area contributed by atoms with Crippen molar-refractivity contribution in [3.63, 3.8) is 0 Å². The third kappa shape index (κ3) is 6.73. The third-order valence-electron chi connectivity index (χ3n) is 5.93. The Morgan fingerprint density at radius 2 is 1.61 bits per heavy atom. The molecule has 1 aliphatic rings. The van der Waals surface area contributed by atoms with Gasteiger partial charge in [-0.25, -0.2) is 4.79 Å². The second-order valence-electron chi connectivity index (χ2n) is 10.6. The molecule has 0 aliphatic carbocycles. The number of alkyl carbamates (subject to hydrolysis) is 1. The van der Waals surface area contributed by atoms with Gasteiger partial charge in [-0.05, 0) is 54.0 Å². The number of benzene rings is 1. The van der Waals surface area contributed by atoms with Crippen LogP contribution in [0.2, 0.25) is 0 Å². The minimum Gasteiger partial charge on any atom is -0.444 e. The van der Waals surface area contributed by atoms with Crippen LogP contribution >= 0.6 is 0 Å². The van der Waals surface area contributed by atoms with Crippen LogP contribution in [0.25, 0.3) is 0 Å². The molecule has 1 heterocycles. The SMILES string of the molecule is CC(NC(=O)C(C)(C)N1C[C@@](Cc2ccccc2)(NC(=O)[C@H](C)NC(=O)OC(C)(C)C)C1=O)C(N)=O. The molecule has 1 aromatic rings. The topological polar surface area (TPSA) is 160 Å². The van der Waals surface area contributed by atoms with Gasteiger partial charge in [0.15, 0.2) is 0 Å². The lowest BCUT2D eigenvalue weighted by Gasteiger charge is -2.55. The molecular formula is C25H37N5O6. The fraction of sp³-hybridized carbons (Fsp3) is 0.560. The van der Waals surface area contributed by atoms with E-state index in [9.17, 15) is 24.0 Å². The molecular weight excluding hydrogens is 466 g/mol. The van der Waals surface area contributed by atoms with E-state index in [-0.39, 0.29) is 13.0 Å². The zero-order chi connectivity index (χ0) is 27.5. The summed E-state index contributed by atoms with van der Waals surface area (Å²) in [5.74, 6) is -2.29. The number of nitrogens with two attached hydrogens (primary N) is 1. The third-order valence-corrected chi connectivity index (χ3v) is 5.93. The van der Waals surface area contributed by atoms with Gasteiger partial charge in [-0.1, -0.05) is 30.3 Å². The van der Waals surface area contributed by atoms with Gasteiger partial charge in [0.05, 0.1) is 6.54 Å². The van der Waals surface area contributed by atoms with Crippen molar-refractivity contribution in [2.75, 3.05) is 6.54 Å². The maximum Gasteiger partial charge on any atom is 0.408 e. The molecule has 1 fully saturated rings. The number of hydrogen-bond donors (Lipinski definition) is 4. The molecule has 0 spiro atoms. The first kappa shape index (κ1) is 28.6. The molecule has 3 atom stereocenters. The van der Waals surface area contributed by atoms with Gasteiger partial charge < -0.3 is 31.3 Å². The largest absolute Gasteiger partial charge is 0.444 e. The first-order valence-corrected chi connectivity index (χ1v) is 11.8. The second-order valence-corrected chi connectivity index (χ2v) is 10.6. The van der Waals surface area contributed by atoms with Crippen molar-refractivity contribution < 1.29 is 28.7 Å². The van der Waals surface area contributed by atoms with Crippen LogP contribution in [0.3, 0.4) is 0 Å². The van der Waals surface area contributed by atoms with Gasteiger partial charge in [-0.2, -0.15) is 0 Å². The van der Waals surface area contributed by atoms with E-state index < -0.39 is 58.5 Å². The highest BCUT2D eigenvalue weighted by Gasteiger charge is 2.59. The number of likely N-dealkylation sites (tertiary alicyclic amines) is 1.